The Bertz CT molecular complexity index is 770. The number of carboxylic acid groups (broad SMARTS) is 1. The summed E-state index contributed by atoms with van der Waals surface area (Å²) in [5.74, 6) is -2.14. The maximum absolute atomic E-state index is 14.9. The van der Waals surface area contributed by atoms with Gasteiger partial charge < -0.3 is 14.7 Å². The van der Waals surface area contributed by atoms with Crippen molar-refractivity contribution in [3.8, 4) is 0 Å². The first-order valence-electron chi connectivity index (χ1n) is 8.81. The molecule has 144 valence electrons. The second kappa shape index (κ2) is 7.89. The smallest absolute Gasteiger partial charge is 0.337 e. The fourth-order valence-corrected chi connectivity index (χ4v) is 4.88. The molecule has 0 amide bonds. The number of rotatable bonds is 4. The van der Waals surface area contributed by atoms with Crippen LogP contribution in [0, 0.1) is 5.82 Å². The summed E-state index contributed by atoms with van der Waals surface area (Å²) in [4.78, 5) is 13.1. The van der Waals surface area contributed by atoms with Gasteiger partial charge in [-0.3, -0.25) is 0 Å². The summed E-state index contributed by atoms with van der Waals surface area (Å²) in [6.45, 7) is 1.98. The molecule has 3 rings (SSSR count). The van der Waals surface area contributed by atoms with Crippen LogP contribution in [0.5, 0.6) is 0 Å². The Balaban J connectivity index is 2.02. The van der Waals surface area contributed by atoms with E-state index in [-0.39, 0.29) is 42.4 Å². The first-order chi connectivity index (χ1) is 12.4. The van der Waals surface area contributed by atoms with Gasteiger partial charge in [-0.05, 0) is 25.0 Å². The lowest BCUT2D eigenvalue weighted by molar-refractivity contribution is 0.0696. The summed E-state index contributed by atoms with van der Waals surface area (Å²) >= 11 is 0. The van der Waals surface area contributed by atoms with E-state index in [0.29, 0.717) is 13.1 Å². The number of aromatic carboxylic acids is 1. The van der Waals surface area contributed by atoms with Gasteiger partial charge in [-0.1, -0.05) is 12.8 Å². The van der Waals surface area contributed by atoms with E-state index >= 15 is 0 Å². The minimum atomic E-state index is -3.96. The molecule has 26 heavy (non-hydrogen) atoms. The van der Waals surface area contributed by atoms with Crippen LogP contribution < -0.4 is 4.90 Å². The molecule has 0 aliphatic carbocycles. The van der Waals surface area contributed by atoms with Crippen molar-refractivity contribution >= 4 is 21.7 Å². The minimum absolute atomic E-state index is 0.0136. The fourth-order valence-electron chi connectivity index (χ4n) is 3.44. The molecule has 1 N–H and O–H groups in total. The van der Waals surface area contributed by atoms with Crippen molar-refractivity contribution in [1.82, 2.24) is 4.31 Å². The molecule has 2 heterocycles. The molecule has 0 aromatic heterocycles. The Morgan fingerprint density at radius 3 is 2.23 bits per heavy atom. The molecule has 2 fully saturated rings. The van der Waals surface area contributed by atoms with Crippen molar-refractivity contribution in [3.05, 3.63) is 23.5 Å². The third kappa shape index (κ3) is 3.84. The van der Waals surface area contributed by atoms with E-state index in [0.717, 1.165) is 37.8 Å². The van der Waals surface area contributed by atoms with Crippen LogP contribution in [0.3, 0.4) is 0 Å². The van der Waals surface area contributed by atoms with Crippen molar-refractivity contribution in [2.24, 2.45) is 0 Å². The van der Waals surface area contributed by atoms with E-state index in [1.807, 2.05) is 0 Å². The Kier molecular flexibility index (Phi) is 5.79. The van der Waals surface area contributed by atoms with E-state index in [4.69, 9.17) is 4.74 Å². The lowest BCUT2D eigenvalue weighted by Gasteiger charge is -2.28. The zero-order valence-electron chi connectivity index (χ0n) is 14.5. The predicted molar refractivity (Wildman–Crippen MR) is 93.6 cm³/mol. The molecule has 1 aromatic rings. The van der Waals surface area contributed by atoms with E-state index in [1.165, 1.54) is 4.31 Å². The molecule has 7 nitrogen and oxygen atoms in total. The standard InChI is InChI=1S/C17H23FN2O5S/c18-15-12-13(26(23,24)20-7-9-25-10-8-20)11-14(17(21)22)16(15)19-5-3-1-2-4-6-19/h11-12H,1-10H2,(H,21,22). The van der Waals surface area contributed by atoms with E-state index in [2.05, 4.69) is 0 Å². The average Bonchev–Trinajstić information content (AvgIpc) is 2.90. The maximum Gasteiger partial charge on any atom is 0.337 e. The number of sulfonamides is 1. The highest BCUT2D eigenvalue weighted by molar-refractivity contribution is 7.89. The van der Waals surface area contributed by atoms with Gasteiger partial charge in [0.2, 0.25) is 10.0 Å². The number of carboxylic acids is 1. The van der Waals surface area contributed by atoms with Gasteiger partial charge in [0.25, 0.3) is 0 Å². The summed E-state index contributed by atoms with van der Waals surface area (Å²) in [6, 6.07) is 2.02. The van der Waals surface area contributed by atoms with E-state index in [9.17, 15) is 22.7 Å². The molecule has 2 aliphatic heterocycles. The van der Waals surface area contributed by atoms with Crippen LogP contribution in [0.1, 0.15) is 36.0 Å². The second-order valence-electron chi connectivity index (χ2n) is 6.52. The van der Waals surface area contributed by atoms with E-state index in [1.54, 1.807) is 4.90 Å². The van der Waals surface area contributed by atoms with Gasteiger partial charge in [0.05, 0.1) is 29.4 Å². The number of hydrogen-bond donors (Lipinski definition) is 1. The largest absolute Gasteiger partial charge is 0.478 e. The Labute approximate surface area is 152 Å². The first-order valence-corrected chi connectivity index (χ1v) is 10.2. The van der Waals surface area contributed by atoms with Crippen LogP contribution in [0.2, 0.25) is 0 Å². The number of morpholine rings is 1. The lowest BCUT2D eigenvalue weighted by Crippen LogP contribution is -2.40. The van der Waals surface area contributed by atoms with Crippen LogP contribution in [0.25, 0.3) is 0 Å². The monoisotopic (exact) mass is 386 g/mol. The highest BCUT2D eigenvalue weighted by Gasteiger charge is 2.30. The van der Waals surface area contributed by atoms with Gasteiger partial charge >= 0.3 is 5.97 Å². The zero-order valence-corrected chi connectivity index (χ0v) is 15.3. The normalized spacial score (nSPS) is 20.0. The molecule has 0 spiro atoms. The van der Waals surface area contributed by atoms with E-state index < -0.39 is 21.8 Å². The fraction of sp³-hybridized carbons (Fsp3) is 0.588. The molecule has 2 saturated heterocycles. The second-order valence-corrected chi connectivity index (χ2v) is 8.46. The quantitative estimate of drug-likeness (QED) is 0.851. The zero-order chi connectivity index (χ0) is 18.7. The average molecular weight is 386 g/mol. The molecule has 0 atom stereocenters. The number of carbonyl (C=O) groups is 1. The van der Waals surface area contributed by atoms with Gasteiger partial charge in [-0.25, -0.2) is 17.6 Å². The van der Waals surface area contributed by atoms with Gasteiger partial charge in [-0.2, -0.15) is 4.31 Å². The molecule has 2 aliphatic rings. The SMILES string of the molecule is O=C(O)c1cc(S(=O)(=O)N2CCOCC2)cc(F)c1N1CCCCCC1. The highest BCUT2D eigenvalue weighted by Crippen LogP contribution is 2.31. The number of ether oxygens (including phenoxy) is 1. The van der Waals surface area contributed by atoms with Crippen LogP contribution in [-0.4, -0.2) is 63.2 Å². The van der Waals surface area contributed by atoms with Crippen molar-refractivity contribution in [1.29, 1.82) is 0 Å². The van der Waals surface area contributed by atoms with Crippen molar-refractivity contribution < 1.29 is 27.4 Å². The van der Waals surface area contributed by atoms with Gasteiger partial charge in [-0.15, -0.1) is 0 Å². The number of halogens is 1. The molecule has 0 unspecified atom stereocenters. The minimum Gasteiger partial charge on any atom is -0.478 e. The molecule has 0 bridgehead atoms. The number of benzene rings is 1. The van der Waals surface area contributed by atoms with Crippen molar-refractivity contribution in [2.45, 2.75) is 30.6 Å². The third-order valence-electron chi connectivity index (χ3n) is 4.80. The van der Waals surface area contributed by atoms with Crippen LogP contribution >= 0.6 is 0 Å². The van der Waals surface area contributed by atoms with Crippen molar-refractivity contribution in [3.63, 3.8) is 0 Å². The molecule has 1 aromatic carbocycles. The summed E-state index contributed by atoms with van der Waals surface area (Å²) in [7, 11) is -3.96. The topological polar surface area (TPSA) is 87.1 Å². The Hall–Kier alpha value is -1.71. The molecule has 0 saturated carbocycles. The van der Waals surface area contributed by atoms with Gasteiger partial charge in [0.15, 0.2) is 0 Å². The third-order valence-corrected chi connectivity index (χ3v) is 6.67. The van der Waals surface area contributed by atoms with Crippen LogP contribution in [0.15, 0.2) is 17.0 Å². The van der Waals surface area contributed by atoms with Gasteiger partial charge in [0.1, 0.15) is 5.82 Å². The summed E-state index contributed by atoms with van der Waals surface area (Å²) in [5, 5.41) is 9.57. The first kappa shape index (κ1) is 19.1. The summed E-state index contributed by atoms with van der Waals surface area (Å²) in [6.07, 6.45) is 3.74. The number of anilines is 1. The molecular weight excluding hydrogens is 363 g/mol. The Morgan fingerprint density at radius 1 is 1.04 bits per heavy atom. The van der Waals surface area contributed by atoms with Crippen molar-refractivity contribution in [2.75, 3.05) is 44.3 Å². The molecule has 9 heteroatoms. The summed E-state index contributed by atoms with van der Waals surface area (Å²) in [5.41, 5.74) is -0.320. The highest BCUT2D eigenvalue weighted by atomic mass is 32.2. The van der Waals surface area contributed by atoms with Crippen LogP contribution in [-0.2, 0) is 14.8 Å². The molecule has 0 radical (unpaired) electrons. The summed E-state index contributed by atoms with van der Waals surface area (Å²) < 4.78 is 46.7. The van der Waals surface area contributed by atoms with Crippen LogP contribution in [0.4, 0.5) is 10.1 Å². The van der Waals surface area contributed by atoms with Gasteiger partial charge in [0, 0.05) is 26.2 Å². The maximum atomic E-state index is 14.9. The number of nitrogens with zero attached hydrogens (tertiary/aromatic N) is 2. The lowest BCUT2D eigenvalue weighted by atomic mass is 10.1. The predicted octanol–water partition coefficient (Wildman–Crippen LogP) is 1.93. The number of hydrogen-bond acceptors (Lipinski definition) is 5. The molecular formula is C17H23FN2O5S. The Morgan fingerprint density at radius 2 is 1.65 bits per heavy atom.